The van der Waals surface area contributed by atoms with Crippen molar-refractivity contribution in [2.45, 2.75) is 83.2 Å². The lowest BCUT2D eigenvalue weighted by atomic mass is 9.76. The van der Waals surface area contributed by atoms with Crippen molar-refractivity contribution in [3.63, 3.8) is 0 Å². The molecule has 1 atom stereocenters. The van der Waals surface area contributed by atoms with Crippen LogP contribution in [0.2, 0.25) is 0 Å². The molecule has 1 heterocycles. The highest BCUT2D eigenvalue weighted by molar-refractivity contribution is 5.82. The number of aliphatic hydroxyl groups is 1. The first-order valence-corrected chi connectivity index (χ1v) is 15.7. The number of carbonyl (C=O) groups is 1. The summed E-state index contributed by atoms with van der Waals surface area (Å²) in [6.45, 7) is 9.66. The van der Waals surface area contributed by atoms with Gasteiger partial charge in [-0.25, -0.2) is 0 Å². The average molecular weight is 556 g/mol. The van der Waals surface area contributed by atoms with Gasteiger partial charge in [0.05, 0.1) is 18.1 Å². The van der Waals surface area contributed by atoms with E-state index in [4.69, 9.17) is 4.74 Å². The second-order valence-electron chi connectivity index (χ2n) is 12.2. The molecule has 0 spiro atoms. The topological polar surface area (TPSA) is 49.8 Å². The van der Waals surface area contributed by atoms with E-state index >= 15 is 0 Å². The van der Waals surface area contributed by atoms with Gasteiger partial charge in [-0.05, 0) is 93.8 Å². The van der Waals surface area contributed by atoms with Crippen molar-refractivity contribution >= 4 is 5.97 Å². The van der Waals surface area contributed by atoms with Crippen LogP contribution in [-0.4, -0.2) is 42.2 Å². The number of likely N-dealkylation sites (tertiary alicyclic amines) is 1. The van der Waals surface area contributed by atoms with Crippen molar-refractivity contribution < 1.29 is 14.6 Å². The first-order valence-electron chi connectivity index (χ1n) is 15.7. The van der Waals surface area contributed by atoms with Crippen molar-refractivity contribution in [1.29, 1.82) is 0 Å². The molecule has 0 bridgehead atoms. The van der Waals surface area contributed by atoms with Crippen molar-refractivity contribution in [3.05, 3.63) is 107 Å². The number of unbranched alkanes of at least 4 members (excludes halogenated alkanes) is 2. The monoisotopic (exact) mass is 555 g/mol. The number of benzene rings is 3. The molecule has 1 fully saturated rings. The van der Waals surface area contributed by atoms with Crippen molar-refractivity contribution in [3.8, 4) is 0 Å². The maximum atomic E-state index is 12.7. The van der Waals surface area contributed by atoms with Crippen LogP contribution in [0.1, 0.15) is 100.0 Å². The minimum Gasteiger partial charge on any atom is -0.465 e. The van der Waals surface area contributed by atoms with Crippen LogP contribution < -0.4 is 0 Å². The predicted molar refractivity (Wildman–Crippen MR) is 168 cm³/mol. The van der Waals surface area contributed by atoms with Crippen LogP contribution in [0.5, 0.6) is 0 Å². The van der Waals surface area contributed by atoms with Gasteiger partial charge in [-0.2, -0.15) is 0 Å². The summed E-state index contributed by atoms with van der Waals surface area (Å²) < 4.78 is 5.52. The summed E-state index contributed by atoms with van der Waals surface area (Å²) in [7, 11) is 0. The summed E-state index contributed by atoms with van der Waals surface area (Å²) in [5.74, 6) is 0.889. The lowest BCUT2D eigenvalue weighted by Crippen LogP contribution is -2.36. The molecular weight excluding hydrogens is 506 g/mol. The van der Waals surface area contributed by atoms with Gasteiger partial charge >= 0.3 is 5.97 Å². The highest BCUT2D eigenvalue weighted by Crippen LogP contribution is 2.38. The zero-order valence-corrected chi connectivity index (χ0v) is 25.3. The quantitative estimate of drug-likeness (QED) is 0.161. The lowest BCUT2D eigenvalue weighted by Gasteiger charge is -2.36. The van der Waals surface area contributed by atoms with Crippen LogP contribution >= 0.6 is 0 Å². The Morgan fingerprint density at radius 2 is 1.44 bits per heavy atom. The molecule has 1 unspecified atom stereocenters. The molecule has 4 rings (SSSR count). The SMILES string of the molecule is CCCCCOC(=O)C(C)(C)c1ccc(C(O)CCCN2CCC(C(c3ccccc3)c3ccccc3)CC2)cc1. The summed E-state index contributed by atoms with van der Waals surface area (Å²) in [5, 5.41) is 10.9. The third-order valence-corrected chi connectivity index (χ3v) is 8.88. The normalized spacial score (nSPS) is 15.6. The van der Waals surface area contributed by atoms with Crippen LogP contribution in [0.4, 0.5) is 0 Å². The van der Waals surface area contributed by atoms with E-state index in [1.807, 2.05) is 38.1 Å². The molecule has 3 aromatic rings. The highest BCUT2D eigenvalue weighted by atomic mass is 16.5. The zero-order chi connectivity index (χ0) is 29.1. The number of hydrogen-bond donors (Lipinski definition) is 1. The minimum atomic E-state index is -0.706. The molecular formula is C37H49NO3. The van der Waals surface area contributed by atoms with Gasteiger partial charge in [0.1, 0.15) is 0 Å². The fourth-order valence-corrected chi connectivity index (χ4v) is 6.18. The number of nitrogens with zero attached hydrogens (tertiary/aromatic N) is 1. The van der Waals surface area contributed by atoms with E-state index < -0.39 is 11.5 Å². The molecule has 0 aliphatic carbocycles. The average Bonchev–Trinajstić information content (AvgIpc) is 3.01. The Bertz CT molecular complexity index is 1130. The van der Waals surface area contributed by atoms with Crippen LogP contribution in [0.3, 0.4) is 0 Å². The van der Waals surface area contributed by atoms with Gasteiger partial charge in [0.2, 0.25) is 0 Å². The zero-order valence-electron chi connectivity index (χ0n) is 25.3. The number of piperidine rings is 1. The molecule has 0 amide bonds. The Balaban J connectivity index is 1.24. The summed E-state index contributed by atoms with van der Waals surface area (Å²) in [6.07, 6.45) is 6.66. The maximum absolute atomic E-state index is 12.7. The largest absolute Gasteiger partial charge is 0.465 e. The molecule has 1 N–H and O–H groups in total. The predicted octanol–water partition coefficient (Wildman–Crippen LogP) is 8.06. The fourth-order valence-electron chi connectivity index (χ4n) is 6.18. The van der Waals surface area contributed by atoms with E-state index in [2.05, 4.69) is 72.5 Å². The third kappa shape index (κ3) is 8.53. The number of esters is 1. The Labute approximate surface area is 247 Å². The van der Waals surface area contributed by atoms with Gasteiger partial charge in [-0.15, -0.1) is 0 Å². The first-order chi connectivity index (χ1) is 19.9. The standard InChI is InChI=1S/C37H49NO3/c1-4-5-12-28-41-36(40)37(2,3)33-21-19-29(20-22-33)34(39)18-13-25-38-26-23-32(24-27-38)35(30-14-8-6-9-15-30)31-16-10-7-11-17-31/h6-11,14-17,19-22,32,34-35,39H,4-5,12-13,18,23-28H2,1-3H3. The molecule has 4 nitrogen and oxygen atoms in total. The lowest BCUT2D eigenvalue weighted by molar-refractivity contribution is -0.149. The van der Waals surface area contributed by atoms with Gasteiger partial charge in [0.15, 0.2) is 0 Å². The van der Waals surface area contributed by atoms with E-state index in [1.54, 1.807) is 0 Å². The Morgan fingerprint density at radius 1 is 0.854 bits per heavy atom. The molecule has 220 valence electrons. The molecule has 0 aromatic heterocycles. The molecule has 3 aromatic carbocycles. The molecule has 1 saturated heterocycles. The molecule has 1 aliphatic rings. The van der Waals surface area contributed by atoms with E-state index in [0.717, 1.165) is 62.9 Å². The second-order valence-corrected chi connectivity index (χ2v) is 12.2. The smallest absolute Gasteiger partial charge is 0.315 e. The van der Waals surface area contributed by atoms with E-state index in [-0.39, 0.29) is 5.97 Å². The molecule has 1 aliphatic heterocycles. The number of aliphatic hydroxyl groups excluding tert-OH is 1. The summed E-state index contributed by atoms with van der Waals surface area (Å²) in [4.78, 5) is 15.2. The molecule has 0 radical (unpaired) electrons. The first kappa shape index (κ1) is 31.0. The summed E-state index contributed by atoms with van der Waals surface area (Å²) in [6, 6.07) is 29.8. The third-order valence-electron chi connectivity index (χ3n) is 8.88. The number of ether oxygens (including phenoxy) is 1. The van der Waals surface area contributed by atoms with Crippen molar-refractivity contribution in [2.75, 3.05) is 26.2 Å². The fraction of sp³-hybridized carbons (Fsp3) is 0.486. The Morgan fingerprint density at radius 3 is 2.00 bits per heavy atom. The number of carbonyl (C=O) groups excluding carboxylic acids is 1. The summed E-state index contributed by atoms with van der Waals surface area (Å²) in [5.41, 5.74) is 3.95. The number of hydrogen-bond acceptors (Lipinski definition) is 4. The minimum absolute atomic E-state index is 0.190. The highest BCUT2D eigenvalue weighted by Gasteiger charge is 2.32. The van der Waals surface area contributed by atoms with Gasteiger partial charge in [0, 0.05) is 5.92 Å². The number of rotatable bonds is 14. The molecule has 41 heavy (non-hydrogen) atoms. The van der Waals surface area contributed by atoms with Gasteiger partial charge < -0.3 is 14.7 Å². The second kappa shape index (κ2) is 15.3. The van der Waals surface area contributed by atoms with Crippen LogP contribution in [0, 0.1) is 5.92 Å². The van der Waals surface area contributed by atoms with Gasteiger partial charge in [-0.1, -0.05) is 105 Å². The van der Waals surface area contributed by atoms with Gasteiger partial charge in [-0.3, -0.25) is 4.79 Å². The van der Waals surface area contributed by atoms with Crippen molar-refractivity contribution in [1.82, 2.24) is 4.90 Å². The van der Waals surface area contributed by atoms with E-state index in [0.29, 0.717) is 18.4 Å². The van der Waals surface area contributed by atoms with E-state index in [1.165, 1.54) is 24.0 Å². The van der Waals surface area contributed by atoms with Crippen LogP contribution in [-0.2, 0) is 14.9 Å². The summed E-state index contributed by atoms with van der Waals surface area (Å²) >= 11 is 0. The molecule has 4 heteroatoms. The van der Waals surface area contributed by atoms with Crippen LogP contribution in [0.25, 0.3) is 0 Å². The van der Waals surface area contributed by atoms with Crippen molar-refractivity contribution in [2.24, 2.45) is 5.92 Å². The van der Waals surface area contributed by atoms with Crippen LogP contribution in [0.15, 0.2) is 84.9 Å². The Kier molecular flexibility index (Phi) is 11.6. The molecule has 0 saturated carbocycles. The van der Waals surface area contributed by atoms with E-state index in [9.17, 15) is 9.90 Å². The maximum Gasteiger partial charge on any atom is 0.315 e. The Hall–Kier alpha value is -2.95. The van der Waals surface area contributed by atoms with Gasteiger partial charge in [0.25, 0.3) is 0 Å².